The number of rotatable bonds is 5. The van der Waals surface area contributed by atoms with Crippen molar-refractivity contribution in [2.45, 2.75) is 13.0 Å². The molecule has 5 nitrogen and oxygen atoms in total. The highest BCUT2D eigenvalue weighted by atomic mass is 19.1. The molecule has 18 heavy (non-hydrogen) atoms. The van der Waals surface area contributed by atoms with Gasteiger partial charge in [0.15, 0.2) is 0 Å². The molecule has 0 fully saturated rings. The van der Waals surface area contributed by atoms with E-state index in [9.17, 15) is 14.3 Å². The van der Waals surface area contributed by atoms with Gasteiger partial charge in [0.2, 0.25) is 0 Å². The normalized spacial score (nSPS) is 12.1. The average Bonchev–Trinajstić information content (AvgIpc) is 2.38. The van der Waals surface area contributed by atoms with E-state index in [1.54, 1.807) is 0 Å². The Morgan fingerprint density at radius 1 is 1.56 bits per heavy atom. The molecule has 0 heterocycles. The second kappa shape index (κ2) is 6.32. The lowest BCUT2D eigenvalue weighted by Gasteiger charge is -2.14. The van der Waals surface area contributed by atoms with E-state index < -0.39 is 24.5 Å². The van der Waals surface area contributed by atoms with Gasteiger partial charge >= 0.3 is 5.97 Å². The van der Waals surface area contributed by atoms with Crippen LogP contribution in [0.25, 0.3) is 0 Å². The molecule has 0 aromatic heterocycles. The SMILES string of the molecule is COC(=O)c1cc(C)c(F)cc1NCC(O)CO. The summed E-state index contributed by atoms with van der Waals surface area (Å²) in [4.78, 5) is 11.5. The van der Waals surface area contributed by atoms with Crippen LogP contribution in [-0.2, 0) is 4.74 Å². The van der Waals surface area contributed by atoms with Crippen LogP contribution in [0.2, 0.25) is 0 Å². The number of benzene rings is 1. The fourth-order valence-corrected chi connectivity index (χ4v) is 1.40. The average molecular weight is 257 g/mol. The summed E-state index contributed by atoms with van der Waals surface area (Å²) >= 11 is 0. The van der Waals surface area contributed by atoms with Gasteiger partial charge in [-0.2, -0.15) is 0 Å². The third-order valence-electron chi connectivity index (χ3n) is 2.44. The second-order valence-electron chi connectivity index (χ2n) is 3.86. The Kier molecular flexibility index (Phi) is 5.06. The number of anilines is 1. The van der Waals surface area contributed by atoms with Crippen molar-refractivity contribution in [1.82, 2.24) is 0 Å². The number of aliphatic hydroxyl groups is 2. The molecule has 3 N–H and O–H groups in total. The molecule has 1 rings (SSSR count). The molecule has 1 aromatic carbocycles. The standard InChI is InChI=1S/C12H16FNO4/c1-7-3-9(12(17)18-2)11(4-10(7)13)14-5-8(16)6-15/h3-4,8,14-16H,5-6H2,1-2H3. The predicted octanol–water partition coefficient (Wildman–Crippen LogP) is 0.686. The first-order valence-corrected chi connectivity index (χ1v) is 5.40. The maximum absolute atomic E-state index is 13.4. The highest BCUT2D eigenvalue weighted by molar-refractivity contribution is 5.95. The lowest BCUT2D eigenvalue weighted by Crippen LogP contribution is -2.24. The highest BCUT2D eigenvalue weighted by Gasteiger charge is 2.15. The summed E-state index contributed by atoms with van der Waals surface area (Å²) in [6.45, 7) is 1.12. The third kappa shape index (κ3) is 3.41. The van der Waals surface area contributed by atoms with Gasteiger partial charge in [0.05, 0.1) is 31.1 Å². The first-order valence-electron chi connectivity index (χ1n) is 5.40. The summed E-state index contributed by atoms with van der Waals surface area (Å²) in [5, 5.41) is 20.6. The van der Waals surface area contributed by atoms with Crippen LogP contribution in [0.5, 0.6) is 0 Å². The smallest absolute Gasteiger partial charge is 0.339 e. The highest BCUT2D eigenvalue weighted by Crippen LogP contribution is 2.21. The predicted molar refractivity (Wildman–Crippen MR) is 64.1 cm³/mol. The van der Waals surface area contributed by atoms with E-state index in [0.29, 0.717) is 5.56 Å². The Labute approximate surface area is 104 Å². The fourth-order valence-electron chi connectivity index (χ4n) is 1.40. The molecule has 0 radical (unpaired) electrons. The van der Waals surface area contributed by atoms with E-state index >= 15 is 0 Å². The van der Waals surface area contributed by atoms with Crippen LogP contribution in [0.4, 0.5) is 10.1 Å². The van der Waals surface area contributed by atoms with Crippen LogP contribution in [0.15, 0.2) is 12.1 Å². The van der Waals surface area contributed by atoms with Crippen molar-refractivity contribution in [3.63, 3.8) is 0 Å². The molecular weight excluding hydrogens is 241 g/mol. The van der Waals surface area contributed by atoms with Crippen LogP contribution in [0, 0.1) is 12.7 Å². The van der Waals surface area contributed by atoms with Gasteiger partial charge in [0, 0.05) is 6.54 Å². The molecule has 0 saturated carbocycles. The van der Waals surface area contributed by atoms with Gasteiger partial charge in [-0.25, -0.2) is 9.18 Å². The number of esters is 1. The number of halogens is 1. The maximum atomic E-state index is 13.4. The number of methoxy groups -OCH3 is 1. The summed E-state index contributed by atoms with van der Waals surface area (Å²) in [5.74, 6) is -1.07. The van der Waals surface area contributed by atoms with Gasteiger partial charge in [0.1, 0.15) is 5.82 Å². The number of carbonyl (C=O) groups excluding carboxylic acids is 1. The van der Waals surface area contributed by atoms with Crippen molar-refractivity contribution in [3.8, 4) is 0 Å². The van der Waals surface area contributed by atoms with E-state index in [-0.39, 0.29) is 17.8 Å². The van der Waals surface area contributed by atoms with Gasteiger partial charge < -0.3 is 20.3 Å². The van der Waals surface area contributed by atoms with Crippen LogP contribution in [-0.4, -0.2) is 42.5 Å². The summed E-state index contributed by atoms with van der Waals surface area (Å²) in [7, 11) is 1.23. The first kappa shape index (κ1) is 14.4. The molecule has 0 bridgehead atoms. The van der Waals surface area contributed by atoms with E-state index in [1.807, 2.05) is 0 Å². The molecule has 100 valence electrons. The van der Waals surface area contributed by atoms with Gasteiger partial charge in [-0.05, 0) is 24.6 Å². The minimum Gasteiger partial charge on any atom is -0.465 e. The largest absolute Gasteiger partial charge is 0.465 e. The summed E-state index contributed by atoms with van der Waals surface area (Å²) < 4.78 is 18.0. The minimum atomic E-state index is -0.986. The zero-order valence-corrected chi connectivity index (χ0v) is 10.2. The Hall–Kier alpha value is -1.66. The molecule has 1 unspecified atom stereocenters. The van der Waals surface area contributed by atoms with E-state index in [2.05, 4.69) is 10.1 Å². The number of aliphatic hydroxyl groups excluding tert-OH is 2. The summed E-state index contributed by atoms with van der Waals surface area (Å²) in [6.07, 6.45) is -0.986. The fraction of sp³-hybridized carbons (Fsp3) is 0.417. The molecule has 0 aliphatic carbocycles. The lowest BCUT2D eigenvalue weighted by molar-refractivity contribution is 0.0601. The summed E-state index contributed by atoms with van der Waals surface area (Å²) in [5.41, 5.74) is 0.725. The van der Waals surface area contributed by atoms with Crippen LogP contribution in [0.3, 0.4) is 0 Å². The Balaban J connectivity index is 3.00. The molecule has 0 aliphatic rings. The number of nitrogens with one attached hydrogen (secondary N) is 1. The van der Waals surface area contributed by atoms with Crippen molar-refractivity contribution >= 4 is 11.7 Å². The molecule has 0 amide bonds. The van der Waals surface area contributed by atoms with E-state index in [1.165, 1.54) is 20.1 Å². The van der Waals surface area contributed by atoms with Gasteiger partial charge in [0.25, 0.3) is 0 Å². The van der Waals surface area contributed by atoms with Gasteiger partial charge in [-0.1, -0.05) is 0 Å². The minimum absolute atomic E-state index is 0.00297. The third-order valence-corrected chi connectivity index (χ3v) is 2.44. The molecule has 1 aromatic rings. The summed E-state index contributed by atoms with van der Waals surface area (Å²) in [6, 6.07) is 2.53. The monoisotopic (exact) mass is 257 g/mol. The number of ether oxygens (including phenoxy) is 1. The van der Waals surface area contributed by atoms with Gasteiger partial charge in [-0.3, -0.25) is 0 Å². The van der Waals surface area contributed by atoms with Gasteiger partial charge in [-0.15, -0.1) is 0 Å². The van der Waals surface area contributed by atoms with E-state index in [0.717, 1.165) is 6.07 Å². The second-order valence-corrected chi connectivity index (χ2v) is 3.86. The van der Waals surface area contributed by atoms with Crippen molar-refractivity contribution in [2.24, 2.45) is 0 Å². The van der Waals surface area contributed by atoms with Crippen molar-refractivity contribution < 1.29 is 24.1 Å². The van der Waals surface area contributed by atoms with Crippen LogP contribution >= 0.6 is 0 Å². The number of carbonyl (C=O) groups is 1. The molecule has 0 aliphatic heterocycles. The van der Waals surface area contributed by atoms with Crippen LogP contribution in [0.1, 0.15) is 15.9 Å². The van der Waals surface area contributed by atoms with Crippen LogP contribution < -0.4 is 5.32 Å². The molecule has 0 spiro atoms. The zero-order chi connectivity index (χ0) is 13.7. The lowest BCUT2D eigenvalue weighted by atomic mass is 10.1. The topological polar surface area (TPSA) is 78.8 Å². The van der Waals surface area contributed by atoms with E-state index in [4.69, 9.17) is 5.11 Å². The molecular formula is C12H16FNO4. The number of hydrogen-bond acceptors (Lipinski definition) is 5. The molecule has 6 heteroatoms. The Bertz CT molecular complexity index is 436. The van der Waals surface area contributed by atoms with Crippen molar-refractivity contribution in [3.05, 3.63) is 29.1 Å². The zero-order valence-electron chi connectivity index (χ0n) is 10.2. The molecule has 0 saturated heterocycles. The maximum Gasteiger partial charge on any atom is 0.339 e. The quantitative estimate of drug-likeness (QED) is 0.676. The van der Waals surface area contributed by atoms with Crippen molar-refractivity contribution in [1.29, 1.82) is 0 Å². The number of aryl methyl sites for hydroxylation is 1. The molecule has 1 atom stereocenters. The number of hydrogen-bond donors (Lipinski definition) is 3. The first-order chi connectivity index (χ1) is 8.49. The Morgan fingerprint density at radius 2 is 2.22 bits per heavy atom. The Morgan fingerprint density at radius 3 is 2.78 bits per heavy atom. The van der Waals surface area contributed by atoms with Crippen molar-refractivity contribution in [2.75, 3.05) is 25.6 Å².